The second kappa shape index (κ2) is 7.53. The summed E-state index contributed by atoms with van der Waals surface area (Å²) in [7, 11) is 0. The predicted molar refractivity (Wildman–Crippen MR) is 101 cm³/mol. The fourth-order valence-electron chi connectivity index (χ4n) is 2.67. The molecule has 1 aromatic heterocycles. The van der Waals surface area contributed by atoms with E-state index in [1.807, 2.05) is 26.0 Å². The van der Waals surface area contributed by atoms with Gasteiger partial charge in [0, 0.05) is 17.1 Å². The summed E-state index contributed by atoms with van der Waals surface area (Å²) in [4.78, 5) is 28.6. The van der Waals surface area contributed by atoms with Gasteiger partial charge in [0.15, 0.2) is 6.61 Å². The molecule has 5 nitrogen and oxygen atoms in total. The smallest absolute Gasteiger partial charge is 0.340 e. The monoisotopic (exact) mass is 366 g/mol. The van der Waals surface area contributed by atoms with Crippen LogP contribution in [-0.4, -0.2) is 23.5 Å². The molecular formula is C21H19FN2O3. The fraction of sp³-hybridized carbons (Fsp3) is 0.190. The van der Waals surface area contributed by atoms with E-state index in [4.69, 9.17) is 4.74 Å². The van der Waals surface area contributed by atoms with E-state index >= 15 is 0 Å². The Kier molecular flexibility index (Phi) is 5.16. The molecular weight excluding hydrogens is 347 g/mol. The first-order valence-corrected chi connectivity index (χ1v) is 8.44. The molecule has 0 spiro atoms. The van der Waals surface area contributed by atoms with Crippen LogP contribution in [0.2, 0.25) is 0 Å². The lowest BCUT2D eigenvalue weighted by molar-refractivity contribution is -0.119. The summed E-state index contributed by atoms with van der Waals surface area (Å²) >= 11 is 0. The van der Waals surface area contributed by atoms with Crippen molar-refractivity contribution in [2.24, 2.45) is 0 Å². The first-order valence-electron chi connectivity index (χ1n) is 8.44. The van der Waals surface area contributed by atoms with Crippen LogP contribution in [0.5, 0.6) is 0 Å². The summed E-state index contributed by atoms with van der Waals surface area (Å²) in [5.74, 6) is -1.48. The van der Waals surface area contributed by atoms with Gasteiger partial charge in [-0.2, -0.15) is 0 Å². The van der Waals surface area contributed by atoms with Crippen LogP contribution in [0.25, 0.3) is 10.9 Å². The minimum atomic E-state index is -0.651. The Bertz CT molecular complexity index is 1050. The molecule has 6 heteroatoms. The maximum absolute atomic E-state index is 13.3. The number of aromatic nitrogens is 1. The third-order valence-electron chi connectivity index (χ3n) is 4.32. The van der Waals surface area contributed by atoms with Gasteiger partial charge in [0.2, 0.25) is 0 Å². The minimum Gasteiger partial charge on any atom is -0.452 e. The first kappa shape index (κ1) is 18.5. The third kappa shape index (κ3) is 4.28. The van der Waals surface area contributed by atoms with Crippen LogP contribution >= 0.6 is 0 Å². The van der Waals surface area contributed by atoms with E-state index < -0.39 is 24.3 Å². The summed E-state index contributed by atoms with van der Waals surface area (Å²) in [6, 6.07) is 11.3. The van der Waals surface area contributed by atoms with Crippen molar-refractivity contribution in [3.8, 4) is 0 Å². The van der Waals surface area contributed by atoms with E-state index in [1.165, 1.54) is 12.1 Å². The number of hydrogen-bond donors (Lipinski definition) is 1. The summed E-state index contributed by atoms with van der Waals surface area (Å²) < 4.78 is 18.4. The third-order valence-corrected chi connectivity index (χ3v) is 4.32. The van der Waals surface area contributed by atoms with E-state index in [9.17, 15) is 14.0 Å². The maximum Gasteiger partial charge on any atom is 0.340 e. The summed E-state index contributed by atoms with van der Waals surface area (Å²) in [6.45, 7) is 5.16. The molecule has 0 aliphatic rings. The number of benzene rings is 2. The summed E-state index contributed by atoms with van der Waals surface area (Å²) in [6.07, 6.45) is 0. The van der Waals surface area contributed by atoms with Gasteiger partial charge in [0.05, 0.1) is 16.8 Å². The summed E-state index contributed by atoms with van der Waals surface area (Å²) in [5.41, 5.74) is 3.93. The highest BCUT2D eigenvalue weighted by molar-refractivity contribution is 5.98. The molecule has 0 saturated carbocycles. The Hall–Kier alpha value is -3.28. The molecule has 27 heavy (non-hydrogen) atoms. The molecule has 0 fully saturated rings. The van der Waals surface area contributed by atoms with Gasteiger partial charge in [0.1, 0.15) is 5.82 Å². The van der Waals surface area contributed by atoms with Crippen LogP contribution < -0.4 is 5.32 Å². The number of nitrogens with one attached hydrogen (secondary N) is 1. The number of carbonyl (C=O) groups excluding carboxylic acids is 2. The number of rotatable bonds is 4. The molecule has 0 radical (unpaired) electrons. The van der Waals surface area contributed by atoms with Crippen molar-refractivity contribution >= 4 is 28.5 Å². The van der Waals surface area contributed by atoms with Gasteiger partial charge in [-0.05, 0) is 62.2 Å². The predicted octanol–water partition coefficient (Wildman–Crippen LogP) is 4.09. The molecule has 0 bridgehead atoms. The number of carbonyl (C=O) groups is 2. The first-order chi connectivity index (χ1) is 12.8. The quantitative estimate of drug-likeness (QED) is 0.706. The average molecular weight is 366 g/mol. The summed E-state index contributed by atoms with van der Waals surface area (Å²) in [5, 5.41) is 3.31. The van der Waals surface area contributed by atoms with Gasteiger partial charge >= 0.3 is 5.97 Å². The molecule has 1 heterocycles. The zero-order valence-corrected chi connectivity index (χ0v) is 15.3. The maximum atomic E-state index is 13.3. The molecule has 0 unspecified atom stereocenters. The molecule has 3 rings (SSSR count). The minimum absolute atomic E-state index is 0.244. The van der Waals surface area contributed by atoms with Crippen molar-refractivity contribution in [1.29, 1.82) is 0 Å². The number of halogens is 1. The molecule has 1 amide bonds. The number of hydrogen-bond acceptors (Lipinski definition) is 4. The van der Waals surface area contributed by atoms with Crippen molar-refractivity contribution in [3.63, 3.8) is 0 Å². The Morgan fingerprint density at radius 3 is 2.56 bits per heavy atom. The zero-order valence-electron chi connectivity index (χ0n) is 15.3. The lowest BCUT2D eigenvalue weighted by atomic mass is 10.1. The highest BCUT2D eigenvalue weighted by atomic mass is 19.1. The molecule has 0 saturated heterocycles. The molecule has 3 aromatic rings. The number of esters is 1. The topological polar surface area (TPSA) is 68.3 Å². The van der Waals surface area contributed by atoms with Gasteiger partial charge < -0.3 is 10.1 Å². The molecule has 0 aliphatic heterocycles. The van der Waals surface area contributed by atoms with E-state index in [-0.39, 0.29) is 5.56 Å². The molecule has 2 aromatic carbocycles. The van der Waals surface area contributed by atoms with Gasteiger partial charge in [-0.1, -0.05) is 6.07 Å². The lowest BCUT2D eigenvalue weighted by Crippen LogP contribution is -2.21. The lowest BCUT2D eigenvalue weighted by Gasteiger charge is -2.10. The average Bonchev–Trinajstić information content (AvgIpc) is 2.62. The van der Waals surface area contributed by atoms with Gasteiger partial charge in [-0.3, -0.25) is 9.78 Å². The van der Waals surface area contributed by atoms with Crippen molar-refractivity contribution in [2.45, 2.75) is 20.8 Å². The van der Waals surface area contributed by atoms with E-state index in [2.05, 4.69) is 10.3 Å². The molecule has 1 N–H and O–H groups in total. The van der Waals surface area contributed by atoms with E-state index in [0.29, 0.717) is 22.3 Å². The Morgan fingerprint density at radius 2 is 1.81 bits per heavy atom. The number of aryl methyl sites for hydroxylation is 3. The molecule has 138 valence electrons. The van der Waals surface area contributed by atoms with Crippen molar-refractivity contribution in [1.82, 2.24) is 4.98 Å². The highest BCUT2D eigenvalue weighted by Gasteiger charge is 2.15. The number of amides is 1. The number of anilines is 1. The number of fused-ring (bicyclic) bond motifs is 1. The Labute approximate surface area is 156 Å². The highest BCUT2D eigenvalue weighted by Crippen LogP contribution is 2.19. The standard InChI is InChI=1S/C21H19FN2O3/c1-12-4-7-17(8-13(12)2)24-20(25)11-27-21(26)18-9-15-5-6-16(22)10-19(15)23-14(18)3/h4-10H,11H2,1-3H3,(H,24,25). The fourth-order valence-corrected chi connectivity index (χ4v) is 2.67. The van der Waals surface area contributed by atoms with Gasteiger partial charge in [-0.25, -0.2) is 9.18 Å². The van der Waals surface area contributed by atoms with Crippen LogP contribution in [0, 0.1) is 26.6 Å². The van der Waals surface area contributed by atoms with Gasteiger partial charge in [-0.15, -0.1) is 0 Å². The van der Waals surface area contributed by atoms with Crippen LogP contribution in [0.1, 0.15) is 27.2 Å². The van der Waals surface area contributed by atoms with E-state index in [1.54, 1.807) is 25.1 Å². The largest absolute Gasteiger partial charge is 0.452 e. The van der Waals surface area contributed by atoms with Crippen LogP contribution in [-0.2, 0) is 9.53 Å². The van der Waals surface area contributed by atoms with Crippen LogP contribution in [0.4, 0.5) is 10.1 Å². The Balaban J connectivity index is 1.67. The SMILES string of the molecule is Cc1ccc(NC(=O)COC(=O)c2cc3ccc(F)cc3nc2C)cc1C. The second-order valence-corrected chi connectivity index (χ2v) is 6.38. The van der Waals surface area contributed by atoms with Gasteiger partial charge in [0.25, 0.3) is 5.91 Å². The number of ether oxygens (including phenoxy) is 1. The number of nitrogens with zero attached hydrogens (tertiary/aromatic N) is 1. The molecule has 0 aliphatic carbocycles. The second-order valence-electron chi connectivity index (χ2n) is 6.38. The van der Waals surface area contributed by atoms with Crippen molar-refractivity contribution < 1.29 is 18.7 Å². The van der Waals surface area contributed by atoms with Crippen molar-refractivity contribution in [2.75, 3.05) is 11.9 Å². The number of pyridine rings is 1. The van der Waals surface area contributed by atoms with Crippen LogP contribution in [0.3, 0.4) is 0 Å². The Morgan fingerprint density at radius 1 is 1.04 bits per heavy atom. The normalized spacial score (nSPS) is 10.7. The molecule has 0 atom stereocenters. The van der Waals surface area contributed by atoms with Crippen LogP contribution in [0.15, 0.2) is 42.5 Å². The van der Waals surface area contributed by atoms with Crippen molar-refractivity contribution in [3.05, 3.63) is 70.7 Å². The zero-order chi connectivity index (χ0) is 19.6. The van der Waals surface area contributed by atoms with E-state index in [0.717, 1.165) is 11.1 Å².